The van der Waals surface area contributed by atoms with Crippen molar-refractivity contribution in [1.82, 2.24) is 9.13 Å². The average molecular weight is 865 g/mol. The molecule has 318 valence electrons. The minimum Gasteiger partial charge on any atom is -0.309 e. The van der Waals surface area contributed by atoms with E-state index in [4.69, 9.17) is 0 Å². The highest BCUT2D eigenvalue weighted by Crippen LogP contribution is 2.43. The molecule has 0 saturated heterocycles. The Morgan fingerprint density at radius 2 is 0.603 bits per heavy atom. The summed E-state index contributed by atoms with van der Waals surface area (Å²) in [6.45, 7) is 0. The van der Waals surface area contributed by atoms with Crippen molar-refractivity contribution < 1.29 is 0 Å². The Morgan fingerprint density at radius 1 is 0.206 bits per heavy atom. The van der Waals surface area contributed by atoms with Gasteiger partial charge >= 0.3 is 0 Å². The van der Waals surface area contributed by atoms with Crippen LogP contribution in [0.1, 0.15) is 0 Å². The number of benzene rings is 11. The quantitative estimate of drug-likeness (QED) is 0.144. The molecular weight excluding hydrogens is 821 g/mol. The second-order valence-corrected chi connectivity index (χ2v) is 17.7. The van der Waals surface area contributed by atoms with Crippen LogP contribution in [0.5, 0.6) is 0 Å². The average Bonchev–Trinajstić information content (AvgIpc) is 3.94. The van der Waals surface area contributed by atoms with Gasteiger partial charge in [0.25, 0.3) is 0 Å². The highest BCUT2D eigenvalue weighted by molar-refractivity contribution is 6.17. The predicted molar refractivity (Wildman–Crippen MR) is 288 cm³/mol. The second-order valence-electron chi connectivity index (χ2n) is 17.7. The summed E-state index contributed by atoms with van der Waals surface area (Å²) in [5.74, 6) is 0. The van der Waals surface area contributed by atoms with Gasteiger partial charge in [-0.25, -0.2) is 0 Å². The Hall–Kier alpha value is -8.98. The molecule has 11 aromatic carbocycles. The van der Waals surface area contributed by atoms with E-state index in [1.54, 1.807) is 0 Å². The van der Waals surface area contributed by atoms with Crippen molar-refractivity contribution in [3.05, 3.63) is 267 Å². The molecule has 2 heteroatoms. The van der Waals surface area contributed by atoms with E-state index in [1.165, 1.54) is 110 Å². The highest BCUT2D eigenvalue weighted by Gasteiger charge is 2.20. The van der Waals surface area contributed by atoms with E-state index in [9.17, 15) is 0 Å². The smallest absolute Gasteiger partial charge is 0.0547 e. The van der Waals surface area contributed by atoms with Crippen molar-refractivity contribution in [2.75, 3.05) is 0 Å². The molecule has 0 unspecified atom stereocenters. The van der Waals surface area contributed by atoms with Crippen LogP contribution >= 0.6 is 0 Å². The van der Waals surface area contributed by atoms with Gasteiger partial charge in [0.2, 0.25) is 0 Å². The number of hydrogen-bond acceptors (Lipinski definition) is 0. The molecule has 0 fully saturated rings. The van der Waals surface area contributed by atoms with Crippen LogP contribution in [0.2, 0.25) is 0 Å². The van der Waals surface area contributed by atoms with Gasteiger partial charge in [0, 0.05) is 32.8 Å². The molecule has 0 bridgehead atoms. The maximum atomic E-state index is 2.46. The van der Waals surface area contributed by atoms with Crippen LogP contribution < -0.4 is 0 Å². The standard InChI is InChI=1S/C66H44N2/c1-5-17-45(18-6-1)48-31-36-55(37-32-48)67-64-40-35-53(44-60(64)66-57(28-16-30-65(66)67)54-26-15-25-50(41-54)46-19-7-2-8-20-46)52-34-39-63-59(43-52)58-42-51(47-21-9-3-10-22-47)33-38-62(58)68(63)61-29-14-13-27-56(61)49-23-11-4-12-24-49/h1-44H. The lowest BCUT2D eigenvalue weighted by Gasteiger charge is -2.14. The molecule has 0 amide bonds. The van der Waals surface area contributed by atoms with Crippen LogP contribution in [0.4, 0.5) is 0 Å². The van der Waals surface area contributed by atoms with Gasteiger partial charge in [-0.15, -0.1) is 0 Å². The van der Waals surface area contributed by atoms with E-state index in [2.05, 4.69) is 276 Å². The number of para-hydroxylation sites is 1. The molecular formula is C66H44N2. The summed E-state index contributed by atoms with van der Waals surface area (Å²) in [6, 6.07) is 97.5. The summed E-state index contributed by atoms with van der Waals surface area (Å²) >= 11 is 0. The van der Waals surface area contributed by atoms with E-state index in [0.29, 0.717) is 0 Å². The molecule has 0 aliphatic rings. The summed E-state index contributed by atoms with van der Waals surface area (Å²) in [5.41, 5.74) is 21.4. The molecule has 2 nitrogen and oxygen atoms in total. The third-order valence-corrected chi connectivity index (χ3v) is 13.7. The third kappa shape index (κ3) is 6.73. The topological polar surface area (TPSA) is 9.86 Å². The second kappa shape index (κ2) is 16.5. The number of fused-ring (bicyclic) bond motifs is 6. The fourth-order valence-electron chi connectivity index (χ4n) is 10.5. The molecule has 0 radical (unpaired) electrons. The zero-order valence-electron chi connectivity index (χ0n) is 37.3. The van der Waals surface area contributed by atoms with Crippen molar-refractivity contribution in [3.8, 4) is 78.1 Å². The normalized spacial score (nSPS) is 11.5. The summed E-state index contributed by atoms with van der Waals surface area (Å²) in [7, 11) is 0. The molecule has 13 rings (SSSR count). The molecule has 2 heterocycles. The number of rotatable bonds is 8. The molecule has 0 atom stereocenters. The van der Waals surface area contributed by atoms with Crippen molar-refractivity contribution in [1.29, 1.82) is 0 Å². The van der Waals surface area contributed by atoms with E-state index in [-0.39, 0.29) is 0 Å². The lowest BCUT2D eigenvalue weighted by Crippen LogP contribution is -1.97. The molecule has 0 aliphatic carbocycles. The molecule has 0 N–H and O–H groups in total. The van der Waals surface area contributed by atoms with Crippen molar-refractivity contribution in [2.24, 2.45) is 0 Å². The lowest BCUT2D eigenvalue weighted by atomic mass is 9.95. The third-order valence-electron chi connectivity index (χ3n) is 13.7. The van der Waals surface area contributed by atoms with Gasteiger partial charge in [0.05, 0.1) is 27.8 Å². The van der Waals surface area contributed by atoms with Crippen LogP contribution in [0.3, 0.4) is 0 Å². The Morgan fingerprint density at radius 3 is 1.21 bits per heavy atom. The zero-order chi connectivity index (χ0) is 45.0. The number of hydrogen-bond donors (Lipinski definition) is 0. The largest absolute Gasteiger partial charge is 0.309 e. The van der Waals surface area contributed by atoms with Crippen LogP contribution in [-0.4, -0.2) is 9.13 Å². The van der Waals surface area contributed by atoms with Gasteiger partial charge in [-0.1, -0.05) is 200 Å². The Bertz CT molecular complexity index is 3980. The van der Waals surface area contributed by atoms with Crippen molar-refractivity contribution in [2.45, 2.75) is 0 Å². The Kier molecular flexibility index (Phi) is 9.54. The minimum absolute atomic E-state index is 1.13. The maximum Gasteiger partial charge on any atom is 0.0547 e. The lowest BCUT2D eigenvalue weighted by molar-refractivity contribution is 1.18. The molecule has 2 aromatic heterocycles. The van der Waals surface area contributed by atoms with E-state index in [1.807, 2.05) is 0 Å². The fourth-order valence-corrected chi connectivity index (χ4v) is 10.5. The van der Waals surface area contributed by atoms with E-state index >= 15 is 0 Å². The van der Waals surface area contributed by atoms with Crippen molar-refractivity contribution >= 4 is 43.6 Å². The van der Waals surface area contributed by atoms with Gasteiger partial charge in [0.15, 0.2) is 0 Å². The molecule has 0 spiro atoms. The first-order valence-corrected chi connectivity index (χ1v) is 23.4. The van der Waals surface area contributed by atoms with Gasteiger partial charge < -0.3 is 9.13 Å². The highest BCUT2D eigenvalue weighted by atomic mass is 15.0. The van der Waals surface area contributed by atoms with Crippen LogP contribution in [0.25, 0.3) is 122 Å². The van der Waals surface area contributed by atoms with Crippen LogP contribution in [0, 0.1) is 0 Å². The van der Waals surface area contributed by atoms with Crippen LogP contribution in [-0.2, 0) is 0 Å². The van der Waals surface area contributed by atoms with Crippen molar-refractivity contribution in [3.63, 3.8) is 0 Å². The fraction of sp³-hybridized carbons (Fsp3) is 0. The predicted octanol–water partition coefficient (Wildman–Crippen LogP) is 17.9. The molecule has 13 aromatic rings. The first kappa shape index (κ1) is 39.4. The minimum atomic E-state index is 1.13. The Balaban J connectivity index is 1.03. The maximum absolute atomic E-state index is 2.46. The molecule has 0 saturated carbocycles. The number of aromatic nitrogens is 2. The molecule has 0 aliphatic heterocycles. The van der Waals surface area contributed by atoms with E-state index in [0.717, 1.165) is 11.4 Å². The van der Waals surface area contributed by atoms with Gasteiger partial charge in [-0.3, -0.25) is 0 Å². The van der Waals surface area contributed by atoms with Gasteiger partial charge in [0.1, 0.15) is 0 Å². The first-order valence-electron chi connectivity index (χ1n) is 23.4. The summed E-state index contributed by atoms with van der Waals surface area (Å²) < 4.78 is 4.90. The van der Waals surface area contributed by atoms with Crippen LogP contribution in [0.15, 0.2) is 267 Å². The Labute approximate surface area is 395 Å². The first-order chi connectivity index (χ1) is 33.7. The summed E-state index contributed by atoms with van der Waals surface area (Å²) in [6.07, 6.45) is 0. The molecule has 68 heavy (non-hydrogen) atoms. The van der Waals surface area contributed by atoms with Gasteiger partial charge in [-0.2, -0.15) is 0 Å². The zero-order valence-corrected chi connectivity index (χ0v) is 37.3. The van der Waals surface area contributed by atoms with E-state index < -0.39 is 0 Å². The summed E-state index contributed by atoms with van der Waals surface area (Å²) in [4.78, 5) is 0. The number of nitrogens with zero attached hydrogens (tertiary/aromatic N) is 2. The summed E-state index contributed by atoms with van der Waals surface area (Å²) in [5, 5.41) is 4.90. The SMILES string of the molecule is c1ccc(-c2ccc(-n3c4ccc(-c5ccc6c(c5)c5cc(-c7ccccc7)ccc5n6-c5ccccc5-c5ccccc5)cc4c4c(-c5cccc(-c6ccccc6)c5)cccc43)cc2)cc1. The monoisotopic (exact) mass is 864 g/mol. The van der Waals surface area contributed by atoms with Gasteiger partial charge in [-0.05, 0) is 128 Å².